The van der Waals surface area contributed by atoms with Crippen molar-refractivity contribution in [2.75, 3.05) is 25.1 Å². The van der Waals surface area contributed by atoms with E-state index >= 15 is 0 Å². The van der Waals surface area contributed by atoms with E-state index in [0.29, 0.717) is 43.6 Å². The minimum atomic E-state index is -0.295. The predicted molar refractivity (Wildman–Crippen MR) is 152 cm³/mol. The van der Waals surface area contributed by atoms with E-state index in [1.54, 1.807) is 0 Å². The summed E-state index contributed by atoms with van der Waals surface area (Å²) in [6, 6.07) is 17.5. The fourth-order valence-electron chi connectivity index (χ4n) is 5.99. The van der Waals surface area contributed by atoms with E-state index in [2.05, 4.69) is 40.3 Å². The van der Waals surface area contributed by atoms with Crippen molar-refractivity contribution in [3.8, 4) is 22.2 Å². The number of rotatable bonds is 4. The Morgan fingerprint density at radius 2 is 1.90 bits per heavy atom. The van der Waals surface area contributed by atoms with Gasteiger partial charge in [-0.3, -0.25) is 0 Å². The second-order valence-corrected chi connectivity index (χ2v) is 11.2. The van der Waals surface area contributed by atoms with Gasteiger partial charge in [0.1, 0.15) is 24.0 Å². The van der Waals surface area contributed by atoms with Crippen LogP contribution in [0.1, 0.15) is 53.1 Å². The molecule has 2 amide bonds. The summed E-state index contributed by atoms with van der Waals surface area (Å²) in [5.74, 6) is 2.16. The van der Waals surface area contributed by atoms with Gasteiger partial charge in [0.15, 0.2) is 11.5 Å². The number of thiophene rings is 1. The first-order chi connectivity index (χ1) is 19.2. The summed E-state index contributed by atoms with van der Waals surface area (Å²) >= 11 is 1.89. The molecular formula is C31H31N3O4S. The summed E-state index contributed by atoms with van der Waals surface area (Å²) in [5.41, 5.74) is 5.47. The number of ether oxygens (including phenoxy) is 3. The van der Waals surface area contributed by atoms with E-state index in [-0.39, 0.29) is 12.1 Å². The van der Waals surface area contributed by atoms with Crippen molar-refractivity contribution in [2.24, 2.45) is 0 Å². The van der Waals surface area contributed by atoms with Crippen LogP contribution < -0.4 is 19.5 Å². The second-order valence-electron chi connectivity index (χ2n) is 10.1. The second kappa shape index (κ2) is 10.0. The van der Waals surface area contributed by atoms with E-state index in [1.165, 1.54) is 33.8 Å². The number of aryl methyl sites for hydroxylation is 1. The number of carbonyl (C=O) groups is 1. The number of hydrogen-bond donors (Lipinski definition) is 1. The van der Waals surface area contributed by atoms with Crippen molar-refractivity contribution < 1.29 is 19.0 Å². The average Bonchev–Trinajstić information content (AvgIpc) is 3.55. The Kier molecular flexibility index (Phi) is 6.19. The molecule has 4 aromatic rings. The highest BCUT2D eigenvalue weighted by Crippen LogP contribution is 2.44. The molecule has 8 heteroatoms. The van der Waals surface area contributed by atoms with Gasteiger partial charge in [-0.1, -0.05) is 12.1 Å². The molecule has 200 valence electrons. The lowest BCUT2D eigenvalue weighted by atomic mass is 9.95. The summed E-state index contributed by atoms with van der Waals surface area (Å²) in [5, 5.41) is 4.41. The number of urea groups is 1. The fourth-order valence-corrected chi connectivity index (χ4v) is 7.40. The van der Waals surface area contributed by atoms with Gasteiger partial charge >= 0.3 is 6.03 Å². The Labute approximate surface area is 231 Å². The Hall–Kier alpha value is -3.91. The number of amides is 2. The SMILES string of the molecule is CCOc1cccc([C@H]2c3cccn3-c3sc4c(c3CN2C(=O)Nc2ccc3c(c2)OCCO3)CCCC4)c1. The third-order valence-corrected chi connectivity index (χ3v) is 9.05. The molecule has 1 N–H and O–H groups in total. The molecule has 7 nitrogen and oxygen atoms in total. The number of fused-ring (bicyclic) bond motifs is 6. The van der Waals surface area contributed by atoms with Crippen LogP contribution in [-0.2, 0) is 19.4 Å². The summed E-state index contributed by atoms with van der Waals surface area (Å²) in [6.45, 7) is 4.13. The molecular weight excluding hydrogens is 510 g/mol. The van der Waals surface area contributed by atoms with Crippen LogP contribution in [0.4, 0.5) is 10.5 Å². The van der Waals surface area contributed by atoms with E-state index in [1.807, 2.05) is 53.5 Å². The fraction of sp³-hybridized carbons (Fsp3) is 0.323. The van der Waals surface area contributed by atoms with Gasteiger partial charge in [-0.2, -0.15) is 0 Å². The molecule has 1 aliphatic carbocycles. The van der Waals surface area contributed by atoms with Gasteiger partial charge in [-0.15, -0.1) is 11.3 Å². The molecule has 1 atom stereocenters. The van der Waals surface area contributed by atoms with Crippen LogP contribution in [0.2, 0.25) is 0 Å². The number of benzene rings is 2. The van der Waals surface area contributed by atoms with Crippen LogP contribution in [0.15, 0.2) is 60.8 Å². The van der Waals surface area contributed by atoms with E-state index in [4.69, 9.17) is 14.2 Å². The van der Waals surface area contributed by atoms with Crippen molar-refractivity contribution in [2.45, 2.75) is 45.2 Å². The third-order valence-electron chi connectivity index (χ3n) is 7.72. The molecule has 2 aromatic carbocycles. The van der Waals surface area contributed by atoms with Gasteiger partial charge in [-0.05, 0) is 80.1 Å². The monoisotopic (exact) mass is 541 g/mol. The van der Waals surface area contributed by atoms with Crippen LogP contribution in [0.5, 0.6) is 17.2 Å². The zero-order chi connectivity index (χ0) is 26.3. The molecule has 0 radical (unpaired) electrons. The van der Waals surface area contributed by atoms with E-state index < -0.39 is 0 Å². The minimum Gasteiger partial charge on any atom is -0.494 e. The number of hydrogen-bond acceptors (Lipinski definition) is 5. The zero-order valence-electron chi connectivity index (χ0n) is 21.9. The molecule has 3 aliphatic rings. The van der Waals surface area contributed by atoms with E-state index in [0.717, 1.165) is 29.8 Å². The van der Waals surface area contributed by atoms with Crippen LogP contribution >= 0.6 is 11.3 Å². The van der Waals surface area contributed by atoms with Gasteiger partial charge in [0.05, 0.1) is 24.9 Å². The van der Waals surface area contributed by atoms with Gasteiger partial charge in [0, 0.05) is 28.4 Å². The molecule has 0 bridgehead atoms. The predicted octanol–water partition coefficient (Wildman–Crippen LogP) is 6.72. The number of aromatic nitrogens is 1. The van der Waals surface area contributed by atoms with Crippen LogP contribution in [0, 0.1) is 0 Å². The third kappa shape index (κ3) is 4.33. The van der Waals surface area contributed by atoms with Crippen molar-refractivity contribution in [1.29, 1.82) is 0 Å². The Morgan fingerprint density at radius 1 is 1.03 bits per heavy atom. The highest BCUT2D eigenvalue weighted by atomic mass is 32.1. The smallest absolute Gasteiger partial charge is 0.322 e. The highest BCUT2D eigenvalue weighted by Gasteiger charge is 2.36. The zero-order valence-corrected chi connectivity index (χ0v) is 22.8. The van der Waals surface area contributed by atoms with Crippen molar-refractivity contribution >= 4 is 23.1 Å². The van der Waals surface area contributed by atoms with Crippen LogP contribution in [0.25, 0.3) is 5.00 Å². The average molecular weight is 542 g/mol. The largest absolute Gasteiger partial charge is 0.494 e. The highest BCUT2D eigenvalue weighted by molar-refractivity contribution is 7.15. The van der Waals surface area contributed by atoms with Gasteiger partial charge in [0.2, 0.25) is 0 Å². The maximum Gasteiger partial charge on any atom is 0.322 e. The molecule has 0 saturated carbocycles. The molecule has 0 fully saturated rings. The van der Waals surface area contributed by atoms with Crippen molar-refractivity contribution in [3.05, 3.63) is 88.1 Å². The van der Waals surface area contributed by atoms with Gasteiger partial charge in [0.25, 0.3) is 0 Å². The summed E-state index contributed by atoms with van der Waals surface area (Å²) in [7, 11) is 0. The Morgan fingerprint density at radius 3 is 2.79 bits per heavy atom. The molecule has 2 aliphatic heterocycles. The number of nitrogens with one attached hydrogen (secondary N) is 1. The number of anilines is 1. The minimum absolute atomic E-state index is 0.158. The Bertz CT molecular complexity index is 1540. The number of nitrogens with zero attached hydrogens (tertiary/aromatic N) is 2. The summed E-state index contributed by atoms with van der Waals surface area (Å²) in [6.07, 6.45) is 6.74. The molecule has 0 unspecified atom stereocenters. The lowest BCUT2D eigenvalue weighted by Gasteiger charge is -2.32. The van der Waals surface area contributed by atoms with E-state index in [9.17, 15) is 4.79 Å². The normalized spacial score (nSPS) is 17.5. The topological polar surface area (TPSA) is 65.0 Å². The quantitative estimate of drug-likeness (QED) is 0.311. The first-order valence-electron chi connectivity index (χ1n) is 13.7. The van der Waals surface area contributed by atoms with Gasteiger partial charge < -0.3 is 29.0 Å². The maximum absolute atomic E-state index is 14.2. The molecule has 7 rings (SSSR count). The first-order valence-corrected chi connectivity index (χ1v) is 14.5. The number of carbonyl (C=O) groups excluding carboxylic acids is 1. The van der Waals surface area contributed by atoms with Gasteiger partial charge in [-0.25, -0.2) is 4.79 Å². The molecule has 39 heavy (non-hydrogen) atoms. The summed E-state index contributed by atoms with van der Waals surface area (Å²) < 4.78 is 19.6. The Balaban J connectivity index is 1.33. The standard InChI is InChI=1S/C31H31N3O4S/c1-2-36-22-8-5-7-20(17-22)29-25-10-6-14-33(25)30-24(23-9-3-4-11-28(23)39-30)19-34(29)31(35)32-21-12-13-26-27(18-21)38-16-15-37-26/h5-8,10,12-14,17-18,29H,2-4,9,11,15-16,19H2,1H3,(H,32,35)/t29-/m0/s1. The van der Waals surface area contributed by atoms with Crippen LogP contribution in [0.3, 0.4) is 0 Å². The molecule has 0 saturated heterocycles. The maximum atomic E-state index is 14.2. The first kappa shape index (κ1) is 24.2. The lowest BCUT2D eigenvalue weighted by Crippen LogP contribution is -2.38. The van der Waals surface area contributed by atoms with Crippen LogP contribution in [-0.4, -0.2) is 35.3 Å². The molecule has 2 aromatic heterocycles. The molecule has 0 spiro atoms. The molecule has 4 heterocycles. The van der Waals surface area contributed by atoms with Crippen molar-refractivity contribution in [3.63, 3.8) is 0 Å². The lowest BCUT2D eigenvalue weighted by molar-refractivity contribution is 0.171. The summed E-state index contributed by atoms with van der Waals surface area (Å²) in [4.78, 5) is 17.7. The van der Waals surface area contributed by atoms with Crippen molar-refractivity contribution in [1.82, 2.24) is 9.47 Å².